The number of benzene rings is 2. The van der Waals surface area contributed by atoms with Gasteiger partial charge >= 0.3 is 0 Å². The Morgan fingerprint density at radius 3 is 1.27 bits per heavy atom. The third-order valence-corrected chi connectivity index (χ3v) is 5.34. The van der Waals surface area contributed by atoms with Crippen LogP contribution in [0, 0.1) is 0 Å². The fourth-order valence-corrected chi connectivity index (χ4v) is 4.03. The average molecular weight is 447 g/mol. The van der Waals surface area contributed by atoms with E-state index in [1.54, 1.807) is 0 Å². The van der Waals surface area contributed by atoms with E-state index in [0.717, 1.165) is 12.1 Å². The Morgan fingerprint density at radius 2 is 0.962 bits per heavy atom. The molecule has 0 atom stereocenters. The molecule has 0 spiro atoms. The zero-order valence-electron chi connectivity index (χ0n) is 13.6. The quantitative estimate of drug-likeness (QED) is 0.420. The SMILES string of the molecule is O=C1c2cccc(S(=O)(=O)O)c2C(=O)c2c1cccc2S(=O)(=O)O.[K].[K]. The van der Waals surface area contributed by atoms with Gasteiger partial charge < -0.3 is 0 Å². The van der Waals surface area contributed by atoms with Crippen LogP contribution in [-0.4, -0.2) is 140 Å². The molecule has 126 valence electrons. The molecule has 8 nitrogen and oxygen atoms in total. The topological polar surface area (TPSA) is 143 Å². The van der Waals surface area contributed by atoms with Gasteiger partial charge in [-0.2, -0.15) is 16.8 Å². The van der Waals surface area contributed by atoms with Crippen LogP contribution in [0.15, 0.2) is 46.2 Å². The molecule has 1 aliphatic carbocycles. The van der Waals surface area contributed by atoms with E-state index in [1.807, 2.05) is 0 Å². The summed E-state index contributed by atoms with van der Waals surface area (Å²) in [4.78, 5) is 23.6. The molecule has 3 rings (SSSR count). The zero-order valence-corrected chi connectivity index (χ0v) is 21.5. The van der Waals surface area contributed by atoms with Crippen LogP contribution in [0.4, 0.5) is 0 Å². The smallest absolute Gasteiger partial charge is 0.289 e. The van der Waals surface area contributed by atoms with Gasteiger partial charge in [0.05, 0.1) is 11.1 Å². The Morgan fingerprint density at radius 1 is 0.615 bits per heavy atom. The molecule has 0 saturated heterocycles. The molecule has 2 N–H and O–H groups in total. The van der Waals surface area contributed by atoms with Crippen molar-refractivity contribution in [2.45, 2.75) is 9.79 Å². The summed E-state index contributed by atoms with van der Waals surface area (Å²) in [7, 11) is -9.67. The molecule has 12 heteroatoms. The number of carbonyl (C=O) groups is 2. The molecule has 0 amide bonds. The number of fused-ring (bicyclic) bond motifs is 2. The first-order valence-corrected chi connectivity index (χ1v) is 9.22. The maximum Gasteiger partial charge on any atom is 0.295 e. The van der Waals surface area contributed by atoms with E-state index in [2.05, 4.69) is 0 Å². The van der Waals surface area contributed by atoms with E-state index >= 15 is 0 Å². The van der Waals surface area contributed by atoms with Gasteiger partial charge in [0.25, 0.3) is 20.2 Å². The summed E-state index contributed by atoms with van der Waals surface area (Å²) in [5, 5.41) is 0. The van der Waals surface area contributed by atoms with Crippen molar-refractivity contribution in [3.63, 3.8) is 0 Å². The summed E-state index contributed by atoms with van der Waals surface area (Å²) < 4.78 is 64.4. The van der Waals surface area contributed by atoms with Crippen LogP contribution >= 0.6 is 0 Å². The normalized spacial score (nSPS) is 13.2. The van der Waals surface area contributed by atoms with Crippen LogP contribution in [0.1, 0.15) is 31.8 Å². The van der Waals surface area contributed by atoms with Gasteiger partial charge in [-0.15, -0.1) is 0 Å². The first kappa shape index (κ1) is 24.9. The Balaban J connectivity index is 0.00000169. The minimum Gasteiger partial charge on any atom is -0.289 e. The molecule has 0 saturated carbocycles. The third kappa shape index (κ3) is 4.38. The van der Waals surface area contributed by atoms with Gasteiger partial charge in [0.1, 0.15) is 9.79 Å². The second-order valence-electron chi connectivity index (χ2n) is 4.97. The largest absolute Gasteiger partial charge is 0.295 e. The second-order valence-corrected chi connectivity index (χ2v) is 7.75. The number of hydrogen-bond acceptors (Lipinski definition) is 6. The van der Waals surface area contributed by atoms with E-state index in [0.29, 0.717) is 0 Å². The van der Waals surface area contributed by atoms with Crippen molar-refractivity contribution in [3.8, 4) is 0 Å². The van der Waals surface area contributed by atoms with Crippen molar-refractivity contribution >= 4 is 135 Å². The Bertz CT molecular complexity index is 1050. The van der Waals surface area contributed by atoms with Crippen molar-refractivity contribution in [1.82, 2.24) is 0 Å². The van der Waals surface area contributed by atoms with Crippen molar-refractivity contribution in [2.24, 2.45) is 0 Å². The van der Waals surface area contributed by atoms with E-state index in [4.69, 9.17) is 0 Å². The predicted octanol–water partition coefficient (Wildman–Crippen LogP) is 0.194. The van der Waals surface area contributed by atoms with Gasteiger partial charge in [-0.05, 0) is 12.1 Å². The van der Waals surface area contributed by atoms with Crippen molar-refractivity contribution in [3.05, 3.63) is 58.7 Å². The average Bonchev–Trinajstić information content (AvgIpc) is 2.49. The van der Waals surface area contributed by atoms with E-state index in [9.17, 15) is 35.5 Å². The summed E-state index contributed by atoms with van der Waals surface area (Å²) >= 11 is 0. The van der Waals surface area contributed by atoms with Crippen LogP contribution in [0.5, 0.6) is 0 Å². The van der Waals surface area contributed by atoms with Crippen LogP contribution in [0.3, 0.4) is 0 Å². The molecule has 2 aromatic rings. The molecule has 0 heterocycles. The molecule has 1 aliphatic rings. The summed E-state index contributed by atoms with van der Waals surface area (Å²) in [5.41, 5.74) is -1.83. The van der Waals surface area contributed by atoms with Crippen molar-refractivity contribution in [2.75, 3.05) is 0 Å². The van der Waals surface area contributed by atoms with Gasteiger partial charge in [-0.1, -0.05) is 24.3 Å². The fraction of sp³-hybridized carbons (Fsp3) is 0. The van der Waals surface area contributed by atoms with Gasteiger partial charge in [-0.3, -0.25) is 18.7 Å². The fourth-order valence-electron chi connectivity index (χ4n) is 2.61. The van der Waals surface area contributed by atoms with Crippen LogP contribution in [0.2, 0.25) is 0 Å². The first-order valence-electron chi connectivity index (χ1n) is 6.34. The minimum atomic E-state index is -4.84. The van der Waals surface area contributed by atoms with Crippen LogP contribution in [0.25, 0.3) is 0 Å². The number of hydrogen-bond donors (Lipinski definition) is 2. The summed E-state index contributed by atoms with van der Waals surface area (Å²) in [6, 6.07) is 6.55. The van der Waals surface area contributed by atoms with E-state index in [-0.39, 0.29) is 114 Å². The molecule has 2 aromatic carbocycles. The zero-order chi connectivity index (χ0) is 17.9. The predicted molar refractivity (Wildman–Crippen MR) is 90.9 cm³/mol. The van der Waals surface area contributed by atoms with Crippen LogP contribution < -0.4 is 0 Å². The molecule has 0 aliphatic heterocycles. The van der Waals surface area contributed by atoms with E-state index in [1.165, 1.54) is 24.3 Å². The number of rotatable bonds is 2. The van der Waals surface area contributed by atoms with Gasteiger partial charge in [0, 0.05) is 114 Å². The first-order chi connectivity index (χ1) is 11.0. The minimum absolute atomic E-state index is 0. The van der Waals surface area contributed by atoms with E-state index < -0.39 is 52.7 Å². The Labute approximate surface area is 234 Å². The number of carbonyl (C=O) groups excluding carboxylic acids is 2. The molecule has 26 heavy (non-hydrogen) atoms. The maximum atomic E-state index is 12.7. The van der Waals surface area contributed by atoms with Gasteiger partial charge in [0.2, 0.25) is 0 Å². The Hall–Kier alpha value is 0.873. The molecule has 0 fully saturated rings. The molecular weight excluding hydrogens is 438 g/mol. The summed E-state index contributed by atoms with van der Waals surface area (Å²) in [5.74, 6) is -1.89. The molecule has 0 bridgehead atoms. The number of ketones is 2. The van der Waals surface area contributed by atoms with Gasteiger partial charge in [-0.25, -0.2) is 0 Å². The van der Waals surface area contributed by atoms with Gasteiger partial charge in [0.15, 0.2) is 11.6 Å². The Kier molecular flexibility index (Phi) is 8.34. The standard InChI is InChI=1S/C14H8O8S2.2K/c15-13-7-3-1-5-9(23(17,18)19)11(7)14(16)12-8(13)4-2-6-10(12)24(20,21)22;;/h1-6H,(H,17,18,19)(H,20,21,22);;. The summed E-state index contributed by atoms with van der Waals surface area (Å²) in [6.45, 7) is 0. The maximum absolute atomic E-state index is 12.7. The third-order valence-electron chi connectivity index (χ3n) is 3.55. The summed E-state index contributed by atoms with van der Waals surface area (Å²) in [6.07, 6.45) is 0. The monoisotopic (exact) mass is 446 g/mol. The van der Waals surface area contributed by atoms with Crippen LogP contribution in [-0.2, 0) is 20.2 Å². The molecule has 0 aromatic heterocycles. The molecule has 2 radical (unpaired) electrons. The molecule has 0 unspecified atom stereocenters. The molecular formula is C14H8K2O8S2. The second kappa shape index (κ2) is 8.71. The van der Waals surface area contributed by atoms with Crippen molar-refractivity contribution in [1.29, 1.82) is 0 Å². The van der Waals surface area contributed by atoms with Crippen molar-refractivity contribution < 1.29 is 35.5 Å².